The van der Waals surface area contributed by atoms with Crippen molar-refractivity contribution in [2.45, 2.75) is 129 Å². The summed E-state index contributed by atoms with van der Waals surface area (Å²) in [5, 5.41) is 11.4. The van der Waals surface area contributed by atoms with Crippen molar-refractivity contribution in [3.8, 4) is 0 Å². The fraction of sp³-hybridized carbons (Fsp3) is 0.880. The number of unbranched alkanes of at least 4 members (excludes halogenated alkanes) is 18. The van der Waals surface area contributed by atoms with E-state index in [4.69, 9.17) is 4.55 Å². The predicted octanol–water partition coefficient (Wildman–Crippen LogP) is 3.63. The smallest absolute Gasteiger partial charge is 0.859 e. The maximum atomic E-state index is 11.4. The Labute approximate surface area is 241 Å². The molecule has 0 unspecified atom stereocenters. The van der Waals surface area contributed by atoms with Gasteiger partial charge >= 0.3 is 51.4 Å². The van der Waals surface area contributed by atoms with E-state index in [1.165, 1.54) is 115 Å². The minimum atomic E-state index is -4.05. The van der Waals surface area contributed by atoms with Gasteiger partial charge in [-0.05, 0) is 18.7 Å². The molecule has 0 atom stereocenters. The fourth-order valence-corrected chi connectivity index (χ4v) is 3.99. The zero-order valence-corrected chi connectivity index (χ0v) is 25.0. The van der Waals surface area contributed by atoms with Gasteiger partial charge in [-0.2, -0.15) is 8.42 Å². The second-order valence-corrected chi connectivity index (χ2v) is 10.3. The molecule has 0 amide bonds. The molecule has 1 N–H and O–H groups in total. The molecule has 0 fully saturated rings. The van der Waals surface area contributed by atoms with Crippen LogP contribution in [0.25, 0.3) is 0 Å². The Morgan fingerprint density at radius 3 is 1.50 bits per heavy atom. The average Bonchev–Trinajstić information content (AvgIpc) is 2.71. The van der Waals surface area contributed by atoms with Gasteiger partial charge in [0.15, 0.2) is 0 Å². The number of hydrogen-bond donors (Lipinski definition) is 1. The summed E-state index contributed by atoms with van der Waals surface area (Å²) < 4.78 is 29.6. The Morgan fingerprint density at radius 1 is 0.750 bits per heavy atom. The molecular weight excluding hydrogens is 449 g/mol. The van der Waals surface area contributed by atoms with Crippen molar-refractivity contribution >= 4 is 16.0 Å². The van der Waals surface area contributed by atoms with E-state index in [2.05, 4.69) is 11.9 Å². The van der Waals surface area contributed by atoms with Gasteiger partial charge < -0.3 is 5.11 Å². The molecule has 0 saturated carbocycles. The van der Waals surface area contributed by atoms with E-state index in [9.17, 15) is 13.5 Å². The zero-order valence-electron chi connectivity index (χ0n) is 21.0. The maximum absolute atomic E-state index is 11.4. The second-order valence-electron chi connectivity index (χ2n) is 8.71. The van der Waals surface area contributed by atoms with Crippen molar-refractivity contribution in [1.82, 2.24) is 0 Å². The molecule has 5 nitrogen and oxygen atoms in total. The number of allylic oxidation sites excluding steroid dienone is 1. The summed E-state index contributed by atoms with van der Waals surface area (Å²) in [6, 6.07) is 0. The summed E-state index contributed by atoms with van der Waals surface area (Å²) in [4.78, 5) is 3.56. The maximum Gasteiger partial charge on any atom is 1.00 e. The van der Waals surface area contributed by atoms with Crippen LogP contribution in [0.2, 0.25) is 0 Å². The number of nitrogens with zero attached hydrogens (tertiary/aromatic N) is 1. The van der Waals surface area contributed by atoms with Gasteiger partial charge in [-0.3, -0.25) is 9.55 Å². The van der Waals surface area contributed by atoms with E-state index in [0.29, 0.717) is 0 Å². The first-order valence-corrected chi connectivity index (χ1v) is 14.4. The van der Waals surface area contributed by atoms with Crippen LogP contribution in [0.1, 0.15) is 129 Å². The van der Waals surface area contributed by atoms with Gasteiger partial charge in [0.25, 0.3) is 10.1 Å². The molecule has 32 heavy (non-hydrogen) atoms. The van der Waals surface area contributed by atoms with Crippen molar-refractivity contribution in [3.05, 3.63) is 12.2 Å². The van der Waals surface area contributed by atoms with Crippen molar-refractivity contribution in [2.24, 2.45) is 4.99 Å². The number of aliphatic imine (C=N–C) groups is 1. The first kappa shape index (κ1) is 34.9. The third-order valence-electron chi connectivity index (χ3n) is 5.60. The largest absolute Gasteiger partial charge is 1.00 e. The first-order valence-electron chi connectivity index (χ1n) is 12.8. The molecule has 184 valence electrons. The summed E-state index contributed by atoms with van der Waals surface area (Å²) in [6.07, 6.45) is 28.4. The first-order chi connectivity index (χ1) is 15.0. The molecule has 0 aromatic heterocycles. The Morgan fingerprint density at radius 2 is 1.12 bits per heavy atom. The van der Waals surface area contributed by atoms with Crippen LogP contribution in [-0.4, -0.2) is 31.2 Å². The van der Waals surface area contributed by atoms with E-state index < -0.39 is 21.8 Å². The zero-order chi connectivity index (χ0) is 23.0. The van der Waals surface area contributed by atoms with Gasteiger partial charge in [0.1, 0.15) is 0 Å². The Hall–Kier alpha value is 0.756. The van der Waals surface area contributed by atoms with Gasteiger partial charge in [0.2, 0.25) is 0 Å². The van der Waals surface area contributed by atoms with Crippen LogP contribution in [0.3, 0.4) is 0 Å². The molecule has 0 aromatic rings. The second kappa shape index (κ2) is 26.4. The average molecular weight is 498 g/mol. The van der Waals surface area contributed by atoms with Crippen LogP contribution < -0.4 is 56.5 Å². The summed E-state index contributed by atoms with van der Waals surface area (Å²) in [6.45, 7) is 2.08. The predicted molar refractivity (Wildman–Crippen MR) is 131 cm³/mol. The molecule has 0 heterocycles. The summed E-state index contributed by atoms with van der Waals surface area (Å²) in [7, 11) is -4.05. The van der Waals surface area contributed by atoms with Crippen molar-refractivity contribution < 1.29 is 69.5 Å². The van der Waals surface area contributed by atoms with Gasteiger partial charge in [-0.25, -0.2) is 0 Å². The van der Waals surface area contributed by atoms with Crippen molar-refractivity contribution in [1.29, 1.82) is 0 Å². The quantitative estimate of drug-likeness (QED) is 0.0767. The molecule has 0 spiro atoms. The molecule has 0 aliphatic rings. The summed E-state index contributed by atoms with van der Waals surface area (Å²) in [5.74, 6) is -0.947. The van der Waals surface area contributed by atoms with Crippen molar-refractivity contribution in [2.75, 3.05) is 12.3 Å². The third-order valence-corrected chi connectivity index (χ3v) is 6.30. The Balaban J connectivity index is 0. The van der Waals surface area contributed by atoms with E-state index in [1.807, 2.05) is 0 Å². The van der Waals surface area contributed by atoms with Crippen LogP contribution in [0.5, 0.6) is 0 Å². The standard InChI is InChI=1S/C25H49NO4S.K/c1-2-3-4-5-6-7-8-9-10-11-12-13-14-15-16-17-18-19-20-21-22-25(27)26-23-24-31(28,29)30;/h21-22H,2-20,23-24H2,1H3,(H,26,27)(H,28,29,30);/q;+1/p-1/b22-21+;. The molecule has 0 aliphatic carbocycles. The fourth-order valence-electron chi connectivity index (χ4n) is 3.67. The molecule has 0 bridgehead atoms. The van der Waals surface area contributed by atoms with Crippen LogP contribution in [-0.2, 0) is 10.1 Å². The van der Waals surface area contributed by atoms with Crippen LogP contribution in [0.4, 0.5) is 0 Å². The topological polar surface area (TPSA) is 89.8 Å². The van der Waals surface area contributed by atoms with Gasteiger partial charge in [-0.1, -0.05) is 128 Å². The van der Waals surface area contributed by atoms with E-state index in [0.717, 1.165) is 12.8 Å². The molecule has 0 saturated heterocycles. The normalized spacial score (nSPS) is 12.4. The molecule has 0 aliphatic heterocycles. The Kier molecular flexibility index (Phi) is 28.8. The van der Waals surface area contributed by atoms with Gasteiger partial charge in [0.05, 0.1) is 12.3 Å². The molecule has 0 rings (SSSR count). The molecule has 7 heteroatoms. The number of hydrogen-bond acceptors (Lipinski definition) is 4. The van der Waals surface area contributed by atoms with E-state index in [-0.39, 0.29) is 57.9 Å². The van der Waals surface area contributed by atoms with Crippen molar-refractivity contribution in [3.63, 3.8) is 0 Å². The minimum Gasteiger partial charge on any atom is -0.859 e. The molecule has 0 aromatic carbocycles. The van der Waals surface area contributed by atoms with Gasteiger partial charge in [0, 0.05) is 0 Å². The SMILES string of the molecule is CCCCCCCCCCCCCCCCCCCC/C=C/C([O-])=NCCS(=O)(=O)O.[K+]. The van der Waals surface area contributed by atoms with Crippen LogP contribution >= 0.6 is 0 Å². The minimum absolute atomic E-state index is 0. The summed E-state index contributed by atoms with van der Waals surface area (Å²) in [5.41, 5.74) is 0. The van der Waals surface area contributed by atoms with Crippen LogP contribution in [0.15, 0.2) is 17.1 Å². The summed E-state index contributed by atoms with van der Waals surface area (Å²) >= 11 is 0. The third kappa shape index (κ3) is 30.8. The molecule has 0 radical (unpaired) electrons. The monoisotopic (exact) mass is 497 g/mol. The van der Waals surface area contributed by atoms with Crippen LogP contribution in [0, 0.1) is 0 Å². The van der Waals surface area contributed by atoms with Gasteiger partial charge in [-0.15, -0.1) is 0 Å². The molecular formula is C25H48KNO4S. The van der Waals surface area contributed by atoms with E-state index >= 15 is 0 Å². The van der Waals surface area contributed by atoms with E-state index in [1.54, 1.807) is 6.08 Å². The Bertz CT molecular complexity index is 550. The number of rotatable bonds is 23.